The molecule has 0 spiro atoms. The Bertz CT molecular complexity index is 258. The first-order chi connectivity index (χ1) is 8.06. The van der Waals surface area contributed by atoms with Gasteiger partial charge in [0.2, 0.25) is 0 Å². The highest BCUT2D eigenvalue weighted by atomic mass is 28.4. The quantitative estimate of drug-likeness (QED) is 0.459. The van der Waals surface area contributed by atoms with E-state index >= 15 is 0 Å². The molecule has 1 unspecified atom stereocenters. The van der Waals surface area contributed by atoms with Crippen LogP contribution in [0.3, 0.4) is 0 Å². The zero-order valence-corrected chi connectivity index (χ0v) is 13.3. The van der Waals surface area contributed by atoms with Crippen LogP contribution in [0, 0.1) is 0 Å². The van der Waals surface area contributed by atoms with Gasteiger partial charge in [-0.2, -0.15) is 0 Å². The molecule has 0 fully saturated rings. The van der Waals surface area contributed by atoms with E-state index < -0.39 is 20.6 Å². The van der Waals surface area contributed by atoms with Gasteiger partial charge in [-0.25, -0.2) is 4.79 Å². The van der Waals surface area contributed by atoms with Gasteiger partial charge < -0.3 is 19.0 Å². The molecule has 0 saturated carbocycles. The number of carbonyl (C=O) groups is 1. The first-order valence-corrected chi connectivity index (χ1v) is 9.08. The molecule has 0 aromatic carbocycles. The minimum atomic E-state index is -1.79. The summed E-state index contributed by atoms with van der Waals surface area (Å²) in [6.45, 7) is 12.8. The van der Waals surface area contributed by atoms with E-state index in [2.05, 4.69) is 38.6 Å². The molecule has 5 nitrogen and oxygen atoms in total. The average molecular weight is 278 g/mol. The van der Waals surface area contributed by atoms with Gasteiger partial charge in [0.15, 0.2) is 8.32 Å². The maximum atomic E-state index is 11.1. The first-order valence-electron chi connectivity index (χ1n) is 6.18. The molecule has 0 aliphatic heterocycles. The third-order valence-corrected chi connectivity index (χ3v) is 7.55. The average Bonchev–Trinajstić information content (AvgIpc) is 2.19. The molecule has 0 saturated heterocycles. The molecule has 0 amide bonds. The van der Waals surface area contributed by atoms with Gasteiger partial charge >= 0.3 is 6.16 Å². The van der Waals surface area contributed by atoms with Crippen molar-refractivity contribution in [1.82, 2.24) is 0 Å². The van der Waals surface area contributed by atoms with Gasteiger partial charge in [-0.15, -0.1) is 0 Å². The van der Waals surface area contributed by atoms with Crippen molar-refractivity contribution in [2.75, 3.05) is 19.8 Å². The van der Waals surface area contributed by atoms with Crippen LogP contribution in [0.25, 0.3) is 0 Å². The summed E-state index contributed by atoms with van der Waals surface area (Å²) >= 11 is 0. The maximum absolute atomic E-state index is 11.1. The van der Waals surface area contributed by atoms with E-state index in [1.165, 1.54) is 6.92 Å². The fourth-order valence-electron chi connectivity index (χ4n) is 0.869. The molecule has 0 aliphatic carbocycles. The fourth-order valence-corrected chi connectivity index (χ4v) is 1.90. The number of aliphatic hydroxyl groups is 1. The molecule has 0 aromatic heterocycles. The summed E-state index contributed by atoms with van der Waals surface area (Å²) in [7, 11) is -1.79. The van der Waals surface area contributed by atoms with Crippen molar-refractivity contribution < 1.29 is 23.8 Å². The first kappa shape index (κ1) is 17.4. The second kappa shape index (κ2) is 7.11. The summed E-state index contributed by atoms with van der Waals surface area (Å²) in [4.78, 5) is 11.1. The molecule has 0 bridgehead atoms. The number of ether oxygens (including phenoxy) is 2. The molecule has 1 atom stereocenters. The second-order valence-corrected chi connectivity index (χ2v) is 10.7. The van der Waals surface area contributed by atoms with Gasteiger partial charge in [0, 0.05) is 0 Å². The Hall–Kier alpha value is -0.593. The van der Waals surface area contributed by atoms with Gasteiger partial charge in [-0.05, 0) is 25.1 Å². The highest BCUT2D eigenvalue weighted by Gasteiger charge is 2.36. The summed E-state index contributed by atoms with van der Waals surface area (Å²) in [5.74, 6) is 0. The summed E-state index contributed by atoms with van der Waals surface area (Å²) < 4.78 is 15.3. The Balaban J connectivity index is 3.77. The van der Waals surface area contributed by atoms with Crippen molar-refractivity contribution in [2.45, 2.75) is 51.9 Å². The third-order valence-electron chi connectivity index (χ3n) is 3.01. The minimum absolute atomic E-state index is 0.0536. The summed E-state index contributed by atoms with van der Waals surface area (Å²) in [6.07, 6.45) is -1.45. The molecule has 18 heavy (non-hydrogen) atoms. The number of hydrogen-bond acceptors (Lipinski definition) is 5. The van der Waals surface area contributed by atoms with Gasteiger partial charge in [0.25, 0.3) is 0 Å². The van der Waals surface area contributed by atoms with Gasteiger partial charge in [0.05, 0.1) is 12.7 Å². The number of hydrogen-bond donors (Lipinski definition) is 1. The molecular weight excluding hydrogens is 252 g/mol. The highest BCUT2D eigenvalue weighted by Crippen LogP contribution is 2.36. The topological polar surface area (TPSA) is 65.0 Å². The van der Waals surface area contributed by atoms with E-state index in [-0.39, 0.29) is 18.3 Å². The van der Waals surface area contributed by atoms with Crippen LogP contribution < -0.4 is 0 Å². The van der Waals surface area contributed by atoms with Crippen LogP contribution in [0.4, 0.5) is 4.79 Å². The predicted octanol–water partition coefficient (Wildman–Crippen LogP) is 2.54. The Morgan fingerprint density at radius 1 is 1.22 bits per heavy atom. The van der Waals surface area contributed by atoms with E-state index in [1.807, 2.05) is 0 Å². The molecule has 108 valence electrons. The van der Waals surface area contributed by atoms with Gasteiger partial charge in [-0.3, -0.25) is 0 Å². The third kappa shape index (κ3) is 6.98. The van der Waals surface area contributed by atoms with Crippen molar-refractivity contribution in [3.05, 3.63) is 0 Å². The van der Waals surface area contributed by atoms with Crippen molar-refractivity contribution in [3.8, 4) is 0 Å². The standard InChI is InChI=1S/C12H26O5Si/c1-10(13)9-16-11(14)15-7-8-17-18(5,6)12(2,3)4/h10,13H,7-9H2,1-6H3. The van der Waals surface area contributed by atoms with Crippen molar-refractivity contribution >= 4 is 14.5 Å². The summed E-state index contributed by atoms with van der Waals surface area (Å²) in [5.41, 5.74) is 0. The lowest BCUT2D eigenvalue weighted by atomic mass is 10.2. The molecule has 6 heteroatoms. The summed E-state index contributed by atoms with van der Waals surface area (Å²) in [5, 5.41) is 9.06. The van der Waals surface area contributed by atoms with Crippen LogP contribution in [-0.2, 0) is 13.9 Å². The fraction of sp³-hybridized carbons (Fsp3) is 0.917. The Morgan fingerprint density at radius 3 is 2.22 bits per heavy atom. The molecular formula is C12H26O5Si. The van der Waals surface area contributed by atoms with Crippen molar-refractivity contribution in [1.29, 1.82) is 0 Å². The maximum Gasteiger partial charge on any atom is 0.508 e. The minimum Gasteiger partial charge on any atom is -0.432 e. The van der Waals surface area contributed by atoms with Gasteiger partial charge in [-0.1, -0.05) is 20.8 Å². The van der Waals surface area contributed by atoms with Crippen LogP contribution in [0.5, 0.6) is 0 Å². The van der Waals surface area contributed by atoms with Crippen molar-refractivity contribution in [3.63, 3.8) is 0 Å². The SMILES string of the molecule is CC(O)COC(=O)OCCO[Si](C)(C)C(C)(C)C. The molecule has 0 aromatic rings. The molecule has 0 heterocycles. The smallest absolute Gasteiger partial charge is 0.432 e. The lowest BCUT2D eigenvalue weighted by Gasteiger charge is -2.36. The van der Waals surface area contributed by atoms with E-state index in [4.69, 9.17) is 14.3 Å². The largest absolute Gasteiger partial charge is 0.508 e. The monoisotopic (exact) mass is 278 g/mol. The normalized spacial score (nSPS) is 14.2. The second-order valence-electron chi connectivity index (χ2n) is 5.87. The van der Waals surface area contributed by atoms with Crippen LogP contribution in [0.15, 0.2) is 0 Å². The van der Waals surface area contributed by atoms with Gasteiger partial charge in [0.1, 0.15) is 13.2 Å². The lowest BCUT2D eigenvalue weighted by Crippen LogP contribution is -2.41. The predicted molar refractivity (Wildman–Crippen MR) is 72.1 cm³/mol. The Labute approximate surface area is 111 Å². The number of carbonyl (C=O) groups excluding carboxylic acids is 1. The Morgan fingerprint density at radius 2 is 1.78 bits per heavy atom. The zero-order chi connectivity index (χ0) is 14.4. The molecule has 0 radical (unpaired) electrons. The van der Waals surface area contributed by atoms with Crippen LogP contribution in [0.1, 0.15) is 27.7 Å². The van der Waals surface area contributed by atoms with Crippen LogP contribution >= 0.6 is 0 Å². The number of rotatable bonds is 6. The number of aliphatic hydroxyl groups excluding tert-OH is 1. The molecule has 1 N–H and O–H groups in total. The highest BCUT2D eigenvalue weighted by molar-refractivity contribution is 6.74. The van der Waals surface area contributed by atoms with Crippen LogP contribution in [0.2, 0.25) is 18.1 Å². The summed E-state index contributed by atoms with van der Waals surface area (Å²) in [6, 6.07) is 0. The van der Waals surface area contributed by atoms with E-state index in [0.717, 1.165) is 0 Å². The lowest BCUT2D eigenvalue weighted by molar-refractivity contribution is 0.0178. The van der Waals surface area contributed by atoms with E-state index in [1.54, 1.807) is 0 Å². The van der Waals surface area contributed by atoms with Crippen molar-refractivity contribution in [2.24, 2.45) is 0 Å². The van der Waals surface area contributed by atoms with Crippen LogP contribution in [-0.4, -0.2) is 45.5 Å². The zero-order valence-electron chi connectivity index (χ0n) is 12.3. The molecule has 0 rings (SSSR count). The van der Waals surface area contributed by atoms with E-state index in [9.17, 15) is 4.79 Å². The van der Waals surface area contributed by atoms with E-state index in [0.29, 0.717) is 6.61 Å². The Kier molecular flexibility index (Phi) is 6.87. The molecule has 0 aliphatic rings.